The summed E-state index contributed by atoms with van der Waals surface area (Å²) in [6, 6.07) is 1.02. The lowest BCUT2D eigenvalue weighted by Gasteiger charge is -2.49. The van der Waals surface area contributed by atoms with Gasteiger partial charge in [-0.15, -0.1) is 0 Å². The Kier molecular flexibility index (Phi) is 3.77. The number of hydrogen-bond donors (Lipinski definition) is 2. The Labute approximate surface area is 121 Å². The number of nitrogens with zero attached hydrogens (tertiary/aromatic N) is 2. The Hall–Kier alpha value is -0.650. The smallest absolute Gasteiger partial charge is 0.325 e. The second-order valence-electron chi connectivity index (χ2n) is 7.04. The van der Waals surface area contributed by atoms with E-state index in [4.69, 9.17) is 5.73 Å². The van der Waals surface area contributed by atoms with Crippen LogP contribution in [0.4, 0.5) is 0 Å². The van der Waals surface area contributed by atoms with Crippen LogP contribution in [0.5, 0.6) is 0 Å². The van der Waals surface area contributed by atoms with E-state index < -0.39 is 11.5 Å². The molecule has 3 fully saturated rings. The van der Waals surface area contributed by atoms with Crippen molar-refractivity contribution in [3.63, 3.8) is 0 Å². The van der Waals surface area contributed by atoms with E-state index in [9.17, 15) is 9.90 Å². The Balaban J connectivity index is 1.68. The molecule has 3 aliphatic rings. The number of rotatable bonds is 4. The summed E-state index contributed by atoms with van der Waals surface area (Å²) in [5, 5.41) is 9.53. The molecule has 0 aromatic carbocycles. The predicted octanol–water partition coefficient (Wildman–Crippen LogP) is 0.737. The van der Waals surface area contributed by atoms with Crippen molar-refractivity contribution in [1.29, 1.82) is 0 Å². The maximum absolute atomic E-state index is 11.6. The number of carbonyl (C=O) groups is 1. The van der Waals surface area contributed by atoms with E-state index in [1.54, 1.807) is 0 Å². The number of fused-ring (bicyclic) bond motifs is 1. The van der Waals surface area contributed by atoms with Crippen LogP contribution in [0.2, 0.25) is 0 Å². The van der Waals surface area contributed by atoms with Gasteiger partial charge in [-0.05, 0) is 45.1 Å². The van der Waals surface area contributed by atoms with E-state index in [0.29, 0.717) is 18.6 Å². The molecule has 2 aliphatic heterocycles. The van der Waals surface area contributed by atoms with Gasteiger partial charge in [-0.1, -0.05) is 6.42 Å². The van der Waals surface area contributed by atoms with E-state index in [-0.39, 0.29) is 5.92 Å². The lowest BCUT2D eigenvalue weighted by atomic mass is 9.91. The van der Waals surface area contributed by atoms with Crippen LogP contribution in [0, 0.1) is 5.92 Å². The highest BCUT2D eigenvalue weighted by atomic mass is 16.4. The van der Waals surface area contributed by atoms with Crippen molar-refractivity contribution in [3.05, 3.63) is 0 Å². The molecule has 3 rings (SSSR count). The average Bonchev–Trinajstić information content (AvgIpc) is 3.24. The molecule has 0 aromatic rings. The van der Waals surface area contributed by atoms with Gasteiger partial charge < -0.3 is 10.8 Å². The molecule has 0 aromatic heterocycles. The number of piperidine rings is 1. The lowest BCUT2D eigenvalue weighted by Crippen LogP contribution is -2.65. The molecular weight excluding hydrogens is 254 g/mol. The molecule has 20 heavy (non-hydrogen) atoms. The molecule has 3 N–H and O–H groups in total. The zero-order valence-electron chi connectivity index (χ0n) is 12.4. The molecule has 0 bridgehead atoms. The maximum Gasteiger partial charge on any atom is 0.325 e. The highest BCUT2D eigenvalue weighted by molar-refractivity contribution is 5.79. The van der Waals surface area contributed by atoms with Gasteiger partial charge in [0.15, 0.2) is 0 Å². The summed E-state index contributed by atoms with van der Waals surface area (Å²) in [6.45, 7) is 5.97. The summed E-state index contributed by atoms with van der Waals surface area (Å²) in [7, 11) is 0. The first-order valence-corrected chi connectivity index (χ1v) is 8.01. The fourth-order valence-electron chi connectivity index (χ4n) is 3.94. The summed E-state index contributed by atoms with van der Waals surface area (Å²) in [4.78, 5) is 16.5. The minimum absolute atomic E-state index is 0.177. The second-order valence-corrected chi connectivity index (χ2v) is 7.04. The van der Waals surface area contributed by atoms with Crippen LogP contribution in [-0.2, 0) is 4.79 Å². The van der Waals surface area contributed by atoms with Crippen LogP contribution in [0.25, 0.3) is 0 Å². The van der Waals surface area contributed by atoms with E-state index in [0.717, 1.165) is 25.9 Å². The fourth-order valence-corrected chi connectivity index (χ4v) is 3.94. The van der Waals surface area contributed by atoms with E-state index in [2.05, 4.69) is 16.7 Å². The zero-order chi connectivity index (χ0) is 14.3. The second kappa shape index (κ2) is 5.28. The van der Waals surface area contributed by atoms with Crippen LogP contribution in [-0.4, -0.2) is 64.7 Å². The molecule has 5 heteroatoms. The highest BCUT2D eigenvalue weighted by Gasteiger charge is 2.50. The van der Waals surface area contributed by atoms with Crippen LogP contribution in [0.15, 0.2) is 0 Å². The summed E-state index contributed by atoms with van der Waals surface area (Å²) < 4.78 is 0. The number of piperazine rings is 1. The van der Waals surface area contributed by atoms with Gasteiger partial charge in [0.25, 0.3) is 0 Å². The van der Waals surface area contributed by atoms with Crippen molar-refractivity contribution in [3.8, 4) is 0 Å². The summed E-state index contributed by atoms with van der Waals surface area (Å²) in [5.74, 6) is -0.644. The number of hydrogen-bond acceptors (Lipinski definition) is 4. The number of nitrogens with two attached hydrogens (primary N) is 1. The Morgan fingerprint density at radius 1 is 1.30 bits per heavy atom. The van der Waals surface area contributed by atoms with Crippen molar-refractivity contribution >= 4 is 5.97 Å². The summed E-state index contributed by atoms with van der Waals surface area (Å²) >= 11 is 0. The molecule has 1 aliphatic carbocycles. The maximum atomic E-state index is 11.6. The van der Waals surface area contributed by atoms with E-state index in [1.165, 1.54) is 25.8 Å². The molecule has 0 amide bonds. The van der Waals surface area contributed by atoms with Gasteiger partial charge in [0.05, 0.1) is 0 Å². The van der Waals surface area contributed by atoms with Crippen molar-refractivity contribution in [2.24, 2.45) is 11.7 Å². The quantitative estimate of drug-likeness (QED) is 0.795. The minimum Gasteiger partial charge on any atom is -0.480 e. The third kappa shape index (κ3) is 2.59. The molecule has 3 unspecified atom stereocenters. The van der Waals surface area contributed by atoms with Gasteiger partial charge in [0.2, 0.25) is 0 Å². The van der Waals surface area contributed by atoms with Gasteiger partial charge >= 0.3 is 5.97 Å². The van der Waals surface area contributed by atoms with Crippen molar-refractivity contribution in [2.75, 3.05) is 26.2 Å². The number of carboxylic acids is 1. The van der Waals surface area contributed by atoms with E-state index in [1.807, 2.05) is 0 Å². The monoisotopic (exact) mass is 281 g/mol. The van der Waals surface area contributed by atoms with Crippen LogP contribution in [0.1, 0.15) is 39.0 Å². The van der Waals surface area contributed by atoms with Gasteiger partial charge in [-0.25, -0.2) is 0 Å². The van der Waals surface area contributed by atoms with Gasteiger partial charge in [0.1, 0.15) is 5.54 Å². The summed E-state index contributed by atoms with van der Waals surface area (Å²) in [5.41, 5.74) is 5.22. The molecule has 2 saturated heterocycles. The Bertz CT molecular complexity index is 385. The van der Waals surface area contributed by atoms with Crippen molar-refractivity contribution in [1.82, 2.24) is 9.80 Å². The van der Waals surface area contributed by atoms with Gasteiger partial charge in [0, 0.05) is 31.7 Å². The predicted molar refractivity (Wildman–Crippen MR) is 77.5 cm³/mol. The Morgan fingerprint density at radius 2 is 2.05 bits per heavy atom. The first-order valence-electron chi connectivity index (χ1n) is 8.01. The van der Waals surface area contributed by atoms with Crippen LogP contribution < -0.4 is 5.73 Å². The minimum atomic E-state index is -1.04. The summed E-state index contributed by atoms with van der Waals surface area (Å²) in [6.07, 6.45) is 5.80. The first kappa shape index (κ1) is 14.3. The largest absolute Gasteiger partial charge is 0.480 e. The average molecular weight is 281 g/mol. The number of carboxylic acid groups (broad SMARTS) is 1. The van der Waals surface area contributed by atoms with E-state index >= 15 is 0 Å². The van der Waals surface area contributed by atoms with Crippen molar-refractivity contribution < 1.29 is 9.90 Å². The zero-order valence-corrected chi connectivity index (χ0v) is 12.4. The number of aliphatic carboxylic acids is 1. The standard InChI is InChI=1S/C15H27N3O2/c1-11-8-17-7-3-2-4-13(17)9-18(11)10-15(16,14(19)20)12-5-6-12/h11-13H,2-10,16H2,1H3,(H,19,20). The normalized spacial score (nSPS) is 35.3. The third-order valence-electron chi connectivity index (χ3n) is 5.49. The molecule has 2 heterocycles. The molecule has 0 spiro atoms. The molecular formula is C15H27N3O2. The molecule has 3 atom stereocenters. The molecule has 0 radical (unpaired) electrons. The fraction of sp³-hybridized carbons (Fsp3) is 0.933. The topological polar surface area (TPSA) is 69.8 Å². The lowest BCUT2D eigenvalue weighted by molar-refractivity contribution is -0.146. The molecule has 5 nitrogen and oxygen atoms in total. The third-order valence-corrected chi connectivity index (χ3v) is 5.49. The highest BCUT2D eigenvalue weighted by Crippen LogP contribution is 2.39. The van der Waals surface area contributed by atoms with Gasteiger partial charge in [-0.2, -0.15) is 0 Å². The van der Waals surface area contributed by atoms with Crippen LogP contribution >= 0.6 is 0 Å². The molecule has 1 saturated carbocycles. The van der Waals surface area contributed by atoms with Gasteiger partial charge in [-0.3, -0.25) is 14.6 Å². The Morgan fingerprint density at radius 3 is 2.70 bits per heavy atom. The first-order chi connectivity index (χ1) is 9.50. The van der Waals surface area contributed by atoms with Crippen molar-refractivity contribution in [2.45, 2.75) is 56.7 Å². The SMILES string of the molecule is CC1CN2CCCCC2CN1CC(N)(C(=O)O)C1CC1. The molecule has 114 valence electrons. The van der Waals surface area contributed by atoms with Crippen LogP contribution in [0.3, 0.4) is 0 Å².